The van der Waals surface area contributed by atoms with Gasteiger partial charge in [0, 0.05) is 5.56 Å². The normalized spacial score (nSPS) is 9.23. The van der Waals surface area contributed by atoms with Crippen molar-refractivity contribution in [1.82, 2.24) is 0 Å². The number of para-hydroxylation sites is 1. The molecular weight excluding hydrogens is 162 g/mol. The minimum absolute atomic E-state index is 0.417. The van der Waals surface area contributed by atoms with Crippen LogP contribution in [-0.4, -0.2) is 6.61 Å². The second-order valence-corrected chi connectivity index (χ2v) is 2.79. The predicted molar refractivity (Wildman–Crippen MR) is 51.5 cm³/mol. The van der Waals surface area contributed by atoms with Crippen molar-refractivity contribution in [2.24, 2.45) is 0 Å². The number of ether oxygens (including phenoxy) is 1. The maximum Gasteiger partial charge on any atom is 0.123 e. The van der Waals surface area contributed by atoms with E-state index in [1.54, 1.807) is 0 Å². The predicted octanol–water partition coefficient (Wildman–Crippen LogP) is 2.54. The Morgan fingerprint density at radius 1 is 1.38 bits per heavy atom. The zero-order valence-corrected chi connectivity index (χ0v) is 7.79. The third kappa shape index (κ3) is 2.79. The Hall–Kier alpha value is -1.49. The van der Waals surface area contributed by atoms with E-state index in [1.807, 2.05) is 24.3 Å². The first kappa shape index (κ1) is 9.60. The van der Waals surface area contributed by atoms with E-state index >= 15 is 0 Å². The fourth-order valence-electron chi connectivity index (χ4n) is 1.09. The molecule has 1 rings (SSSR count). The molecule has 0 aliphatic rings. The van der Waals surface area contributed by atoms with Crippen LogP contribution in [-0.2, 0) is 6.42 Å². The van der Waals surface area contributed by atoms with E-state index in [4.69, 9.17) is 10.00 Å². The lowest BCUT2D eigenvalue weighted by Gasteiger charge is -2.07. The van der Waals surface area contributed by atoms with Crippen molar-refractivity contribution in [3.05, 3.63) is 29.8 Å². The largest absolute Gasteiger partial charge is 0.493 e. The highest BCUT2D eigenvalue weighted by Crippen LogP contribution is 2.18. The molecule has 13 heavy (non-hydrogen) atoms. The molecule has 0 heterocycles. The van der Waals surface area contributed by atoms with Gasteiger partial charge in [0.25, 0.3) is 0 Å². The summed E-state index contributed by atoms with van der Waals surface area (Å²) in [5.41, 5.74) is 0.971. The maximum absolute atomic E-state index is 8.56. The quantitative estimate of drug-likeness (QED) is 0.704. The van der Waals surface area contributed by atoms with Gasteiger partial charge in [0.1, 0.15) is 5.75 Å². The minimum atomic E-state index is 0.417. The van der Waals surface area contributed by atoms with Crippen molar-refractivity contribution in [2.75, 3.05) is 6.61 Å². The fourth-order valence-corrected chi connectivity index (χ4v) is 1.09. The highest BCUT2D eigenvalue weighted by Gasteiger charge is 2.00. The van der Waals surface area contributed by atoms with Crippen molar-refractivity contribution in [2.45, 2.75) is 19.8 Å². The van der Waals surface area contributed by atoms with Crippen LogP contribution in [0.4, 0.5) is 0 Å². The van der Waals surface area contributed by atoms with Crippen LogP contribution in [0.3, 0.4) is 0 Å². The van der Waals surface area contributed by atoms with Crippen LogP contribution in [0.15, 0.2) is 24.3 Å². The van der Waals surface area contributed by atoms with Gasteiger partial charge < -0.3 is 4.74 Å². The number of hydrogen-bond acceptors (Lipinski definition) is 2. The molecule has 0 aliphatic carbocycles. The molecule has 2 heteroatoms. The number of nitrogens with zero attached hydrogens (tertiary/aromatic N) is 1. The average Bonchev–Trinajstić information content (AvgIpc) is 2.17. The highest BCUT2D eigenvalue weighted by molar-refractivity contribution is 5.35. The molecule has 0 amide bonds. The summed E-state index contributed by atoms with van der Waals surface area (Å²) in [7, 11) is 0. The average molecular weight is 175 g/mol. The molecule has 1 aromatic carbocycles. The monoisotopic (exact) mass is 175 g/mol. The van der Waals surface area contributed by atoms with Crippen molar-refractivity contribution < 1.29 is 4.74 Å². The molecule has 0 aromatic heterocycles. The minimum Gasteiger partial charge on any atom is -0.493 e. The molecule has 1 aromatic rings. The summed E-state index contributed by atoms with van der Waals surface area (Å²) in [5.74, 6) is 0.839. The van der Waals surface area contributed by atoms with Crippen LogP contribution < -0.4 is 4.74 Å². The highest BCUT2D eigenvalue weighted by atomic mass is 16.5. The zero-order valence-electron chi connectivity index (χ0n) is 7.79. The summed E-state index contributed by atoms with van der Waals surface area (Å²) in [6.07, 6.45) is 1.40. The molecule has 68 valence electrons. The first-order valence-electron chi connectivity index (χ1n) is 4.46. The molecule has 0 aliphatic heterocycles. The molecule has 0 saturated carbocycles. The van der Waals surface area contributed by atoms with Crippen molar-refractivity contribution in [3.63, 3.8) is 0 Å². The molecule has 0 N–H and O–H groups in total. The Morgan fingerprint density at radius 2 is 2.15 bits per heavy atom. The number of benzene rings is 1. The lowest BCUT2D eigenvalue weighted by Crippen LogP contribution is -1.98. The molecule has 0 spiro atoms. The van der Waals surface area contributed by atoms with Crippen LogP contribution >= 0.6 is 0 Å². The van der Waals surface area contributed by atoms with Gasteiger partial charge in [-0.05, 0) is 12.5 Å². The topological polar surface area (TPSA) is 33.0 Å². The van der Waals surface area contributed by atoms with Gasteiger partial charge in [-0.15, -0.1) is 0 Å². The Balaban J connectivity index is 2.73. The first-order valence-corrected chi connectivity index (χ1v) is 4.46. The van der Waals surface area contributed by atoms with Gasteiger partial charge in [0.2, 0.25) is 0 Å². The van der Waals surface area contributed by atoms with E-state index in [0.29, 0.717) is 13.0 Å². The van der Waals surface area contributed by atoms with Crippen molar-refractivity contribution in [1.29, 1.82) is 5.26 Å². The first-order chi connectivity index (χ1) is 6.38. The summed E-state index contributed by atoms with van der Waals surface area (Å²) in [4.78, 5) is 0. The summed E-state index contributed by atoms with van der Waals surface area (Å²) >= 11 is 0. The van der Waals surface area contributed by atoms with Crippen LogP contribution in [0.5, 0.6) is 5.75 Å². The SMILES string of the molecule is CCCOc1ccccc1CC#N. The number of hydrogen-bond donors (Lipinski definition) is 0. The maximum atomic E-state index is 8.56. The Bertz CT molecular complexity index is 301. The standard InChI is InChI=1S/C11H13NO/c1-2-9-13-11-6-4-3-5-10(11)7-8-12/h3-6H,2,7,9H2,1H3. The van der Waals surface area contributed by atoms with Gasteiger partial charge in [0.05, 0.1) is 19.1 Å². The fraction of sp³-hybridized carbons (Fsp3) is 0.364. The van der Waals surface area contributed by atoms with Crippen LogP contribution in [0, 0.1) is 11.3 Å². The second kappa shape index (κ2) is 5.21. The van der Waals surface area contributed by atoms with Crippen molar-refractivity contribution >= 4 is 0 Å². The molecule has 2 nitrogen and oxygen atoms in total. The van der Waals surface area contributed by atoms with E-state index in [0.717, 1.165) is 17.7 Å². The van der Waals surface area contributed by atoms with Crippen molar-refractivity contribution in [3.8, 4) is 11.8 Å². The Labute approximate surface area is 78.8 Å². The molecule has 0 fully saturated rings. The lowest BCUT2D eigenvalue weighted by atomic mass is 10.1. The van der Waals surface area contributed by atoms with Gasteiger partial charge >= 0.3 is 0 Å². The molecule has 0 unspecified atom stereocenters. The molecular formula is C11H13NO. The molecule has 0 radical (unpaired) electrons. The number of rotatable bonds is 4. The van der Waals surface area contributed by atoms with Gasteiger partial charge in [0.15, 0.2) is 0 Å². The zero-order chi connectivity index (χ0) is 9.52. The number of nitriles is 1. The molecule has 0 atom stereocenters. The third-order valence-corrected chi connectivity index (χ3v) is 1.70. The third-order valence-electron chi connectivity index (χ3n) is 1.70. The van der Waals surface area contributed by atoms with Gasteiger partial charge in [-0.3, -0.25) is 0 Å². The van der Waals surface area contributed by atoms with E-state index in [-0.39, 0.29) is 0 Å². The van der Waals surface area contributed by atoms with E-state index in [9.17, 15) is 0 Å². The van der Waals surface area contributed by atoms with Gasteiger partial charge in [-0.25, -0.2) is 0 Å². The summed E-state index contributed by atoms with van der Waals surface area (Å²) in [5, 5.41) is 8.56. The summed E-state index contributed by atoms with van der Waals surface area (Å²) in [6, 6.07) is 9.80. The Morgan fingerprint density at radius 3 is 2.85 bits per heavy atom. The Kier molecular flexibility index (Phi) is 3.84. The van der Waals surface area contributed by atoms with E-state index < -0.39 is 0 Å². The van der Waals surface area contributed by atoms with Crippen LogP contribution in [0.1, 0.15) is 18.9 Å². The van der Waals surface area contributed by atoms with Crippen LogP contribution in [0.2, 0.25) is 0 Å². The van der Waals surface area contributed by atoms with Crippen LogP contribution in [0.25, 0.3) is 0 Å². The van der Waals surface area contributed by atoms with Gasteiger partial charge in [-0.1, -0.05) is 25.1 Å². The van der Waals surface area contributed by atoms with E-state index in [1.165, 1.54) is 0 Å². The molecule has 0 bridgehead atoms. The molecule has 0 saturated heterocycles. The smallest absolute Gasteiger partial charge is 0.123 e. The summed E-state index contributed by atoms with van der Waals surface area (Å²) in [6.45, 7) is 2.77. The second-order valence-electron chi connectivity index (χ2n) is 2.79. The van der Waals surface area contributed by atoms with Gasteiger partial charge in [-0.2, -0.15) is 5.26 Å². The lowest BCUT2D eigenvalue weighted by molar-refractivity contribution is 0.315. The summed E-state index contributed by atoms with van der Waals surface area (Å²) < 4.78 is 5.49. The van der Waals surface area contributed by atoms with E-state index in [2.05, 4.69) is 13.0 Å².